The average Bonchev–Trinajstić information content (AvgIpc) is 2.74. The highest BCUT2D eigenvalue weighted by Gasteiger charge is 1.94. The van der Waals surface area contributed by atoms with Crippen molar-refractivity contribution in [1.29, 1.82) is 0 Å². The van der Waals surface area contributed by atoms with Crippen LogP contribution in [-0.4, -0.2) is 15.8 Å². The van der Waals surface area contributed by atoms with E-state index in [9.17, 15) is 4.79 Å². The number of hydrogen-bond donors (Lipinski definition) is 1. The van der Waals surface area contributed by atoms with Crippen LogP contribution < -0.4 is 0 Å². The molecule has 2 heterocycles. The third-order valence-electron chi connectivity index (χ3n) is 1.57. The molecule has 0 unspecified atom stereocenters. The molecule has 3 nitrogen and oxygen atoms in total. The highest BCUT2D eigenvalue weighted by atomic mass is 16.1. The number of H-pyrrole nitrogens is 1. The van der Waals surface area contributed by atoms with Crippen LogP contribution in [0.3, 0.4) is 0 Å². The van der Waals surface area contributed by atoms with Crippen molar-refractivity contribution in [2.45, 2.75) is 6.92 Å². The normalized spacial score (nSPS) is 8.64. The highest BCUT2D eigenvalue weighted by Crippen LogP contribution is 1.95. The summed E-state index contributed by atoms with van der Waals surface area (Å²) in [6.45, 7) is 1.54. The van der Waals surface area contributed by atoms with Gasteiger partial charge >= 0.3 is 0 Å². The van der Waals surface area contributed by atoms with Gasteiger partial charge in [0.05, 0.1) is 0 Å². The summed E-state index contributed by atoms with van der Waals surface area (Å²) < 4.78 is 0. The van der Waals surface area contributed by atoms with Gasteiger partial charge in [0.25, 0.3) is 0 Å². The summed E-state index contributed by atoms with van der Waals surface area (Å²) in [6, 6.07) is 7.47. The van der Waals surface area contributed by atoms with Crippen LogP contribution in [0.5, 0.6) is 0 Å². The van der Waals surface area contributed by atoms with Crippen molar-refractivity contribution in [2.75, 3.05) is 0 Å². The Kier molecular flexibility index (Phi) is 4.14. The molecular weight excluding hydrogens is 176 g/mol. The summed E-state index contributed by atoms with van der Waals surface area (Å²) in [5.74, 6) is 0.103. The van der Waals surface area contributed by atoms with Gasteiger partial charge in [-0.25, -0.2) is 0 Å². The molecule has 0 saturated heterocycles. The molecule has 0 amide bonds. The monoisotopic (exact) mass is 188 g/mol. The van der Waals surface area contributed by atoms with E-state index in [1.165, 1.54) is 0 Å². The lowest BCUT2D eigenvalue weighted by molar-refractivity contribution is 0.101. The fourth-order valence-electron chi connectivity index (χ4n) is 0.855. The van der Waals surface area contributed by atoms with Crippen LogP contribution in [0.4, 0.5) is 0 Å². The average molecular weight is 188 g/mol. The van der Waals surface area contributed by atoms with Gasteiger partial charge in [-0.1, -0.05) is 6.07 Å². The Bertz CT molecular complexity index is 327. The van der Waals surface area contributed by atoms with E-state index < -0.39 is 0 Å². The van der Waals surface area contributed by atoms with Gasteiger partial charge in [-0.3, -0.25) is 9.78 Å². The van der Waals surface area contributed by atoms with Gasteiger partial charge < -0.3 is 4.98 Å². The number of pyridine rings is 1. The van der Waals surface area contributed by atoms with Crippen molar-refractivity contribution >= 4 is 5.78 Å². The molecule has 0 fully saturated rings. The molecule has 0 spiro atoms. The smallest absolute Gasteiger partial charge is 0.161 e. The second-order valence-corrected chi connectivity index (χ2v) is 2.68. The Hall–Kier alpha value is -1.90. The summed E-state index contributed by atoms with van der Waals surface area (Å²) in [6.07, 6.45) is 6.92. The van der Waals surface area contributed by atoms with Crippen molar-refractivity contribution in [2.24, 2.45) is 0 Å². The summed E-state index contributed by atoms with van der Waals surface area (Å²) >= 11 is 0. The molecule has 2 aromatic rings. The van der Waals surface area contributed by atoms with Crippen molar-refractivity contribution < 1.29 is 4.79 Å². The minimum absolute atomic E-state index is 0.103. The number of carbonyl (C=O) groups is 1. The van der Waals surface area contributed by atoms with E-state index in [1.807, 2.05) is 18.2 Å². The van der Waals surface area contributed by atoms with Crippen molar-refractivity contribution in [3.05, 3.63) is 54.6 Å². The Morgan fingerprint density at radius 1 is 1.29 bits per heavy atom. The first kappa shape index (κ1) is 10.2. The number of aromatic nitrogens is 2. The van der Waals surface area contributed by atoms with Crippen LogP contribution in [0.25, 0.3) is 0 Å². The fourth-order valence-corrected chi connectivity index (χ4v) is 0.855. The molecule has 0 aliphatic heterocycles. The standard InChI is InChI=1S/C6H7NO.C5H5N/c1-5(8)6-2-3-7-4-6;1-2-4-6-5-3-1/h2-4,7H,1H3;1-5H. The van der Waals surface area contributed by atoms with Gasteiger partial charge in [-0.15, -0.1) is 0 Å². The van der Waals surface area contributed by atoms with Gasteiger partial charge in [0.2, 0.25) is 0 Å². The minimum Gasteiger partial charge on any atom is -0.367 e. The lowest BCUT2D eigenvalue weighted by atomic mass is 10.2. The summed E-state index contributed by atoms with van der Waals surface area (Å²) in [7, 11) is 0. The van der Waals surface area contributed by atoms with Crippen LogP contribution in [0, 0.1) is 0 Å². The molecule has 2 aromatic heterocycles. The molecule has 0 aliphatic carbocycles. The second-order valence-electron chi connectivity index (χ2n) is 2.68. The number of nitrogens with zero attached hydrogens (tertiary/aromatic N) is 1. The maximum atomic E-state index is 10.5. The van der Waals surface area contributed by atoms with E-state index in [1.54, 1.807) is 37.8 Å². The topological polar surface area (TPSA) is 45.8 Å². The zero-order valence-corrected chi connectivity index (χ0v) is 7.97. The van der Waals surface area contributed by atoms with Gasteiger partial charge in [-0.2, -0.15) is 0 Å². The molecule has 3 heteroatoms. The van der Waals surface area contributed by atoms with E-state index in [4.69, 9.17) is 0 Å². The second kappa shape index (κ2) is 5.70. The number of rotatable bonds is 1. The van der Waals surface area contributed by atoms with Gasteiger partial charge in [0.1, 0.15) is 0 Å². The minimum atomic E-state index is 0.103. The molecule has 0 aromatic carbocycles. The molecule has 0 aliphatic rings. The molecule has 14 heavy (non-hydrogen) atoms. The predicted molar refractivity (Wildman–Crippen MR) is 55.0 cm³/mol. The Morgan fingerprint density at radius 3 is 2.21 bits per heavy atom. The van der Waals surface area contributed by atoms with Crippen LogP contribution >= 0.6 is 0 Å². The van der Waals surface area contributed by atoms with E-state index in [2.05, 4.69) is 9.97 Å². The number of ketones is 1. The first-order valence-corrected chi connectivity index (χ1v) is 4.29. The lowest BCUT2D eigenvalue weighted by Crippen LogP contribution is -1.85. The van der Waals surface area contributed by atoms with Crippen molar-refractivity contribution in [1.82, 2.24) is 9.97 Å². The van der Waals surface area contributed by atoms with Crippen LogP contribution in [-0.2, 0) is 0 Å². The Labute approximate surface area is 82.8 Å². The first-order valence-electron chi connectivity index (χ1n) is 4.29. The highest BCUT2D eigenvalue weighted by molar-refractivity contribution is 5.93. The lowest BCUT2D eigenvalue weighted by Gasteiger charge is -1.79. The number of hydrogen-bond acceptors (Lipinski definition) is 2. The summed E-state index contributed by atoms with van der Waals surface area (Å²) in [5.41, 5.74) is 0.741. The van der Waals surface area contributed by atoms with Gasteiger partial charge in [0, 0.05) is 30.4 Å². The Balaban J connectivity index is 0.000000146. The fraction of sp³-hybridized carbons (Fsp3) is 0.0909. The van der Waals surface area contributed by atoms with Crippen LogP contribution in [0.15, 0.2) is 49.1 Å². The number of Topliss-reactive ketones (excluding diaryl/α,β-unsaturated/α-hetero) is 1. The molecule has 72 valence electrons. The van der Waals surface area contributed by atoms with E-state index in [0.29, 0.717) is 0 Å². The molecule has 2 rings (SSSR count). The van der Waals surface area contributed by atoms with Crippen molar-refractivity contribution in [3.8, 4) is 0 Å². The number of carbonyl (C=O) groups excluding carboxylic acids is 1. The zero-order valence-electron chi connectivity index (χ0n) is 7.97. The van der Waals surface area contributed by atoms with E-state index >= 15 is 0 Å². The van der Waals surface area contributed by atoms with Gasteiger partial charge in [-0.05, 0) is 25.1 Å². The summed E-state index contributed by atoms with van der Waals surface area (Å²) in [5, 5.41) is 0. The van der Waals surface area contributed by atoms with E-state index in [0.717, 1.165) is 5.56 Å². The van der Waals surface area contributed by atoms with Crippen LogP contribution in [0.2, 0.25) is 0 Å². The molecule has 0 atom stereocenters. The largest absolute Gasteiger partial charge is 0.367 e. The molecule has 0 radical (unpaired) electrons. The SMILES string of the molecule is CC(=O)c1cc[nH]c1.c1ccncc1. The van der Waals surface area contributed by atoms with Crippen molar-refractivity contribution in [3.63, 3.8) is 0 Å². The Morgan fingerprint density at radius 2 is 2.00 bits per heavy atom. The van der Waals surface area contributed by atoms with E-state index in [-0.39, 0.29) is 5.78 Å². The van der Waals surface area contributed by atoms with Gasteiger partial charge in [0.15, 0.2) is 5.78 Å². The maximum Gasteiger partial charge on any atom is 0.161 e. The first-order chi connectivity index (χ1) is 6.80. The molecule has 0 bridgehead atoms. The molecule has 0 saturated carbocycles. The van der Waals surface area contributed by atoms with Crippen LogP contribution in [0.1, 0.15) is 17.3 Å². The summed E-state index contributed by atoms with van der Waals surface area (Å²) in [4.78, 5) is 17.1. The third kappa shape index (κ3) is 3.67. The zero-order chi connectivity index (χ0) is 10.2. The molecule has 1 N–H and O–H groups in total. The predicted octanol–water partition coefficient (Wildman–Crippen LogP) is 2.30. The number of aromatic amines is 1. The number of nitrogens with one attached hydrogen (secondary N) is 1. The molecular formula is C11H12N2O. The third-order valence-corrected chi connectivity index (χ3v) is 1.57. The quantitative estimate of drug-likeness (QED) is 0.698. The maximum absolute atomic E-state index is 10.5.